The van der Waals surface area contributed by atoms with Crippen LogP contribution in [0.5, 0.6) is 0 Å². The van der Waals surface area contributed by atoms with Crippen LogP contribution < -0.4 is 0 Å². The molecule has 0 fully saturated rings. The van der Waals surface area contributed by atoms with Crippen LogP contribution in [-0.4, -0.2) is 23.7 Å². The predicted octanol–water partition coefficient (Wildman–Crippen LogP) is 13.7. The highest BCUT2D eigenvalue weighted by molar-refractivity contribution is 6.29. The van der Waals surface area contributed by atoms with E-state index in [0.717, 1.165) is 61.6 Å². The van der Waals surface area contributed by atoms with Crippen molar-refractivity contribution in [3.8, 4) is 28.5 Å². The molecule has 0 saturated carbocycles. The van der Waals surface area contributed by atoms with Crippen LogP contribution in [0.2, 0.25) is 0 Å². The van der Waals surface area contributed by atoms with Gasteiger partial charge in [0.2, 0.25) is 0 Å². The van der Waals surface area contributed by atoms with Gasteiger partial charge >= 0.3 is 0 Å². The predicted molar refractivity (Wildman–Crippen MR) is 245 cm³/mol. The van der Waals surface area contributed by atoms with E-state index < -0.39 is 0 Å². The second-order valence-corrected chi connectivity index (χ2v) is 15.4. The number of benzene rings is 9. The average Bonchev–Trinajstić information content (AvgIpc) is 3.94. The molecule has 0 aliphatic rings. The topological polar surface area (TPSA) is 40.6 Å². The van der Waals surface area contributed by atoms with Crippen molar-refractivity contribution in [2.75, 3.05) is 0 Å². The molecule has 0 unspecified atom stereocenters. The molecule has 5 heteroatoms. The molecular weight excluding hydrogens is 719 g/mol. The van der Waals surface area contributed by atoms with Crippen molar-refractivity contribution < 1.29 is 0 Å². The van der Waals surface area contributed by atoms with E-state index >= 15 is 0 Å². The largest absolute Gasteiger partial charge is 0.309 e. The number of rotatable bonds is 4. The summed E-state index contributed by atoms with van der Waals surface area (Å²) in [6, 6.07) is 71.8. The fourth-order valence-electron chi connectivity index (χ4n) is 9.65. The Morgan fingerprint density at radius 1 is 0.305 bits per heavy atom. The third kappa shape index (κ3) is 4.61. The van der Waals surface area contributed by atoms with Gasteiger partial charge in [-0.1, -0.05) is 133 Å². The third-order valence-electron chi connectivity index (χ3n) is 12.2. The van der Waals surface area contributed by atoms with Gasteiger partial charge in [0.05, 0.1) is 44.1 Å². The van der Waals surface area contributed by atoms with Gasteiger partial charge < -0.3 is 9.13 Å². The molecule has 0 amide bonds. The van der Waals surface area contributed by atoms with E-state index in [2.05, 4.69) is 190 Å². The van der Waals surface area contributed by atoms with Gasteiger partial charge in [0.25, 0.3) is 0 Å². The quantitative estimate of drug-likeness (QED) is 0.180. The molecule has 4 aromatic heterocycles. The van der Waals surface area contributed by atoms with E-state index in [-0.39, 0.29) is 0 Å². The van der Waals surface area contributed by atoms with Crippen LogP contribution >= 0.6 is 0 Å². The monoisotopic (exact) mass is 751 g/mol. The Morgan fingerprint density at radius 3 is 1.51 bits per heavy atom. The maximum atomic E-state index is 5.38. The summed E-state index contributed by atoms with van der Waals surface area (Å²) in [5.74, 6) is 0.809. The normalized spacial score (nSPS) is 12.1. The molecular formula is C54H33N5. The number of aromatic nitrogens is 5. The molecule has 4 heterocycles. The van der Waals surface area contributed by atoms with Crippen LogP contribution in [0, 0.1) is 0 Å². The zero-order valence-corrected chi connectivity index (χ0v) is 31.8. The van der Waals surface area contributed by atoms with Gasteiger partial charge in [-0.05, 0) is 77.5 Å². The van der Waals surface area contributed by atoms with Crippen LogP contribution in [0.15, 0.2) is 200 Å². The summed E-state index contributed by atoms with van der Waals surface area (Å²) in [7, 11) is 0. The third-order valence-corrected chi connectivity index (χ3v) is 12.2. The zero-order valence-electron chi connectivity index (χ0n) is 31.8. The van der Waals surface area contributed by atoms with Crippen molar-refractivity contribution in [1.29, 1.82) is 0 Å². The van der Waals surface area contributed by atoms with Crippen molar-refractivity contribution in [2.24, 2.45) is 0 Å². The first-order chi connectivity index (χ1) is 29.3. The molecule has 0 aliphatic carbocycles. The van der Waals surface area contributed by atoms with Crippen molar-refractivity contribution in [3.05, 3.63) is 200 Å². The first kappa shape index (κ1) is 32.1. The number of hydrogen-bond acceptors (Lipinski definition) is 2. The molecule has 0 N–H and O–H groups in total. The molecule has 0 saturated heterocycles. The molecule has 59 heavy (non-hydrogen) atoms. The Labute approximate surface area is 338 Å². The number of para-hydroxylation sites is 5. The molecule has 0 aliphatic heterocycles. The van der Waals surface area contributed by atoms with Crippen LogP contribution in [0.4, 0.5) is 0 Å². The Kier molecular flexibility index (Phi) is 6.66. The minimum absolute atomic E-state index is 0.809. The van der Waals surface area contributed by atoms with Gasteiger partial charge in [-0.15, -0.1) is 0 Å². The van der Waals surface area contributed by atoms with Crippen molar-refractivity contribution in [3.63, 3.8) is 0 Å². The fraction of sp³-hybridized carbons (Fsp3) is 0. The molecule has 9 aromatic carbocycles. The Balaban J connectivity index is 1.11. The summed E-state index contributed by atoms with van der Waals surface area (Å²) < 4.78 is 7.19. The smallest absolute Gasteiger partial charge is 0.165 e. The summed E-state index contributed by atoms with van der Waals surface area (Å²) in [5, 5.41) is 9.78. The number of nitrogens with zero attached hydrogens (tertiary/aromatic N) is 5. The highest BCUT2D eigenvalue weighted by atomic mass is 15.1. The minimum atomic E-state index is 0.809. The van der Waals surface area contributed by atoms with E-state index in [1.165, 1.54) is 54.1 Å². The molecule has 0 atom stereocenters. The van der Waals surface area contributed by atoms with Crippen molar-refractivity contribution >= 4 is 87.2 Å². The lowest BCUT2D eigenvalue weighted by Gasteiger charge is -2.14. The molecule has 13 aromatic rings. The van der Waals surface area contributed by atoms with Crippen LogP contribution in [0.25, 0.3) is 116 Å². The maximum Gasteiger partial charge on any atom is 0.165 e. The molecule has 0 spiro atoms. The maximum absolute atomic E-state index is 5.38. The van der Waals surface area contributed by atoms with Crippen LogP contribution in [0.3, 0.4) is 0 Å². The Hall–Kier alpha value is -8.02. The summed E-state index contributed by atoms with van der Waals surface area (Å²) in [4.78, 5) is 10.7. The zero-order chi connectivity index (χ0) is 38.6. The summed E-state index contributed by atoms with van der Waals surface area (Å²) >= 11 is 0. The second-order valence-electron chi connectivity index (χ2n) is 15.4. The van der Waals surface area contributed by atoms with E-state index in [1.54, 1.807) is 0 Å². The molecule has 0 radical (unpaired) electrons. The van der Waals surface area contributed by atoms with Crippen molar-refractivity contribution in [2.45, 2.75) is 0 Å². The lowest BCUT2D eigenvalue weighted by Crippen LogP contribution is -2.04. The summed E-state index contributed by atoms with van der Waals surface area (Å²) in [5.41, 5.74) is 12.7. The van der Waals surface area contributed by atoms with Crippen LogP contribution in [-0.2, 0) is 0 Å². The lowest BCUT2D eigenvalue weighted by molar-refractivity contribution is 1.08. The summed E-state index contributed by atoms with van der Waals surface area (Å²) in [6.07, 6.45) is 0. The number of hydrogen-bond donors (Lipinski definition) is 0. The molecule has 13 rings (SSSR count). The van der Waals surface area contributed by atoms with E-state index in [1.807, 2.05) is 24.3 Å². The summed E-state index contributed by atoms with van der Waals surface area (Å²) in [6.45, 7) is 0. The minimum Gasteiger partial charge on any atom is -0.309 e. The van der Waals surface area contributed by atoms with E-state index in [0.29, 0.717) is 0 Å². The Morgan fingerprint density at radius 2 is 0.814 bits per heavy atom. The molecule has 5 nitrogen and oxygen atoms in total. The standard InChI is InChI=1S/C54H33N5/c1-2-15-35(16-3-1)53-54(56-44-22-10-9-21-43(44)55-53)59-45-23-11-6-18-39(45)40-29-28-38(33-50(40)59)58-47-25-13-8-20-42(47)52-49(58)31-30-48-51(52)41-19-7-12-24-46(41)57(48)37-27-26-34-14-4-5-17-36(34)32-37/h1-33H. The van der Waals surface area contributed by atoms with Gasteiger partial charge in [0.1, 0.15) is 5.69 Å². The fourth-order valence-corrected chi connectivity index (χ4v) is 9.65. The molecule has 274 valence electrons. The van der Waals surface area contributed by atoms with Gasteiger partial charge in [0, 0.05) is 49.3 Å². The highest BCUT2D eigenvalue weighted by Crippen LogP contribution is 2.44. The first-order valence-corrected chi connectivity index (χ1v) is 20.1. The first-order valence-electron chi connectivity index (χ1n) is 20.1. The van der Waals surface area contributed by atoms with E-state index in [4.69, 9.17) is 9.97 Å². The average molecular weight is 752 g/mol. The van der Waals surface area contributed by atoms with E-state index in [9.17, 15) is 0 Å². The van der Waals surface area contributed by atoms with Crippen molar-refractivity contribution in [1.82, 2.24) is 23.7 Å². The highest BCUT2D eigenvalue weighted by Gasteiger charge is 2.23. The SMILES string of the molecule is c1ccc(-c2nc3ccccc3nc2-n2c3ccccc3c3ccc(-n4c5ccccc5c5c6c7ccccc7n(-c7ccc8ccccc8c7)c6ccc54)cc32)cc1. The lowest BCUT2D eigenvalue weighted by atomic mass is 10.1. The van der Waals surface area contributed by atoms with Gasteiger partial charge in [-0.3, -0.25) is 4.57 Å². The number of fused-ring (bicyclic) bond motifs is 12. The second kappa shape index (κ2) is 12.2. The molecule has 0 bridgehead atoms. The van der Waals surface area contributed by atoms with Gasteiger partial charge in [-0.25, -0.2) is 9.97 Å². The van der Waals surface area contributed by atoms with Gasteiger partial charge in [0.15, 0.2) is 5.82 Å². The van der Waals surface area contributed by atoms with Gasteiger partial charge in [-0.2, -0.15) is 0 Å². The van der Waals surface area contributed by atoms with Crippen LogP contribution in [0.1, 0.15) is 0 Å². The Bertz CT molecular complexity index is 3850.